The summed E-state index contributed by atoms with van der Waals surface area (Å²) in [5.74, 6) is 1.21. The van der Waals surface area contributed by atoms with Gasteiger partial charge in [-0.1, -0.05) is 36.4 Å². The monoisotopic (exact) mass is 425 g/mol. The van der Waals surface area contributed by atoms with Crippen LogP contribution in [-0.4, -0.2) is 19.6 Å². The third-order valence-corrected chi connectivity index (χ3v) is 4.63. The van der Waals surface area contributed by atoms with Crippen molar-refractivity contribution in [1.82, 2.24) is 0 Å². The largest absolute Gasteiger partial charge is 0.496 e. The molecule has 3 rings (SSSR count). The van der Waals surface area contributed by atoms with Gasteiger partial charge in [-0.3, -0.25) is 4.79 Å². The number of hydrogen-bond acceptors (Lipinski definition) is 3. The molecule has 0 saturated carbocycles. The van der Waals surface area contributed by atoms with Crippen molar-refractivity contribution in [3.05, 3.63) is 88.4 Å². The number of ether oxygens (including phenoxy) is 2. The fraction of sp³-hybridized carbons (Fsp3) is 0.136. The lowest BCUT2D eigenvalue weighted by Gasteiger charge is -2.10. The first-order valence-electron chi connectivity index (χ1n) is 8.57. The Kier molecular flexibility index (Phi) is 6.49. The third-order valence-electron chi connectivity index (χ3n) is 4.01. The van der Waals surface area contributed by atoms with Crippen molar-refractivity contribution in [2.75, 3.05) is 19.0 Å². The summed E-state index contributed by atoms with van der Waals surface area (Å²) in [5, 5.41) is 2.89. The topological polar surface area (TPSA) is 47.6 Å². The van der Waals surface area contributed by atoms with Gasteiger partial charge in [-0.15, -0.1) is 0 Å². The van der Waals surface area contributed by atoms with Gasteiger partial charge in [-0.2, -0.15) is 0 Å². The highest BCUT2D eigenvalue weighted by atomic mass is 79.9. The minimum atomic E-state index is -0.195. The number of rotatable bonds is 7. The van der Waals surface area contributed by atoms with Gasteiger partial charge in [0, 0.05) is 23.7 Å². The molecule has 0 spiro atoms. The van der Waals surface area contributed by atoms with Crippen molar-refractivity contribution in [2.24, 2.45) is 0 Å². The Morgan fingerprint density at radius 1 is 1.00 bits per heavy atom. The summed E-state index contributed by atoms with van der Waals surface area (Å²) in [4.78, 5) is 12.5. The summed E-state index contributed by atoms with van der Waals surface area (Å²) in [7, 11) is 1.59. The van der Waals surface area contributed by atoms with Crippen LogP contribution in [0.4, 0.5) is 5.69 Å². The molecule has 138 valence electrons. The summed E-state index contributed by atoms with van der Waals surface area (Å²) >= 11 is 3.40. The normalized spacial score (nSPS) is 10.3. The van der Waals surface area contributed by atoms with E-state index in [9.17, 15) is 4.79 Å². The van der Waals surface area contributed by atoms with Crippen LogP contribution in [0, 0.1) is 0 Å². The van der Waals surface area contributed by atoms with Gasteiger partial charge in [0.2, 0.25) is 0 Å². The van der Waals surface area contributed by atoms with Crippen LogP contribution >= 0.6 is 15.9 Å². The minimum Gasteiger partial charge on any atom is -0.496 e. The van der Waals surface area contributed by atoms with E-state index >= 15 is 0 Å². The number of carbonyl (C=O) groups excluding carboxylic acids is 1. The zero-order valence-electron chi connectivity index (χ0n) is 14.9. The molecule has 0 saturated heterocycles. The summed E-state index contributed by atoms with van der Waals surface area (Å²) in [6.45, 7) is 0.576. The SMILES string of the molecule is COc1ccc(C(=O)Nc2cccc(OCCc3ccccc3)c2)cc1Br. The molecule has 0 aliphatic rings. The lowest BCUT2D eigenvalue weighted by atomic mass is 10.2. The highest BCUT2D eigenvalue weighted by Crippen LogP contribution is 2.26. The first kappa shape index (κ1) is 19.0. The average Bonchev–Trinajstić information content (AvgIpc) is 2.69. The van der Waals surface area contributed by atoms with E-state index in [1.54, 1.807) is 25.3 Å². The Balaban J connectivity index is 1.60. The summed E-state index contributed by atoms with van der Waals surface area (Å²) in [6.07, 6.45) is 0.831. The fourth-order valence-corrected chi connectivity index (χ4v) is 3.15. The van der Waals surface area contributed by atoms with Crippen LogP contribution < -0.4 is 14.8 Å². The van der Waals surface area contributed by atoms with E-state index in [2.05, 4.69) is 33.4 Å². The van der Waals surface area contributed by atoms with Gasteiger partial charge in [0.25, 0.3) is 5.91 Å². The maximum atomic E-state index is 12.5. The van der Waals surface area contributed by atoms with E-state index in [1.165, 1.54) is 5.56 Å². The number of amides is 1. The molecular formula is C22H20BrNO3. The molecule has 0 aliphatic carbocycles. The summed E-state index contributed by atoms with van der Waals surface area (Å²) < 4.78 is 11.7. The lowest BCUT2D eigenvalue weighted by Crippen LogP contribution is -2.12. The molecule has 5 heteroatoms. The molecule has 0 atom stereocenters. The maximum absolute atomic E-state index is 12.5. The smallest absolute Gasteiger partial charge is 0.255 e. The van der Waals surface area contributed by atoms with Crippen molar-refractivity contribution >= 4 is 27.5 Å². The molecule has 0 aromatic heterocycles. The van der Waals surface area contributed by atoms with Crippen LogP contribution in [0.2, 0.25) is 0 Å². The third kappa shape index (κ3) is 5.34. The molecule has 0 heterocycles. The van der Waals surface area contributed by atoms with Crippen LogP contribution in [-0.2, 0) is 6.42 Å². The van der Waals surface area contributed by atoms with Gasteiger partial charge >= 0.3 is 0 Å². The first-order valence-corrected chi connectivity index (χ1v) is 9.36. The number of nitrogens with one attached hydrogen (secondary N) is 1. The molecule has 0 aliphatic heterocycles. The predicted molar refractivity (Wildman–Crippen MR) is 111 cm³/mol. The number of benzene rings is 3. The zero-order valence-corrected chi connectivity index (χ0v) is 16.5. The van der Waals surface area contributed by atoms with Gasteiger partial charge in [0.1, 0.15) is 11.5 Å². The number of halogens is 1. The van der Waals surface area contributed by atoms with Crippen molar-refractivity contribution in [3.8, 4) is 11.5 Å². The van der Waals surface area contributed by atoms with E-state index in [0.29, 0.717) is 23.6 Å². The molecule has 0 bridgehead atoms. The second-order valence-corrected chi connectivity index (χ2v) is 6.77. The average molecular weight is 426 g/mol. The fourth-order valence-electron chi connectivity index (χ4n) is 2.61. The van der Waals surface area contributed by atoms with Gasteiger partial charge < -0.3 is 14.8 Å². The Bertz CT molecular complexity index is 912. The Labute approximate surface area is 167 Å². The van der Waals surface area contributed by atoms with Gasteiger partial charge in [0.15, 0.2) is 0 Å². The van der Waals surface area contributed by atoms with E-state index < -0.39 is 0 Å². The lowest BCUT2D eigenvalue weighted by molar-refractivity contribution is 0.102. The highest BCUT2D eigenvalue weighted by Gasteiger charge is 2.10. The zero-order chi connectivity index (χ0) is 19.1. The molecule has 1 N–H and O–H groups in total. The van der Waals surface area contributed by atoms with Crippen molar-refractivity contribution < 1.29 is 14.3 Å². The highest BCUT2D eigenvalue weighted by molar-refractivity contribution is 9.10. The van der Waals surface area contributed by atoms with Crippen LogP contribution in [0.3, 0.4) is 0 Å². The van der Waals surface area contributed by atoms with Crippen molar-refractivity contribution in [3.63, 3.8) is 0 Å². The Morgan fingerprint density at radius 3 is 2.56 bits per heavy atom. The van der Waals surface area contributed by atoms with Crippen LogP contribution in [0.5, 0.6) is 11.5 Å². The standard InChI is InChI=1S/C22H20BrNO3/c1-26-21-11-10-17(14-20(21)23)22(25)24-18-8-5-9-19(15-18)27-13-12-16-6-3-2-4-7-16/h2-11,14-15H,12-13H2,1H3,(H,24,25). The molecule has 4 nitrogen and oxygen atoms in total. The van der Waals surface area contributed by atoms with Gasteiger partial charge in [0.05, 0.1) is 18.2 Å². The van der Waals surface area contributed by atoms with Gasteiger partial charge in [-0.25, -0.2) is 0 Å². The van der Waals surface area contributed by atoms with Crippen LogP contribution in [0.1, 0.15) is 15.9 Å². The molecule has 27 heavy (non-hydrogen) atoms. The Morgan fingerprint density at radius 2 is 1.81 bits per heavy atom. The molecule has 0 unspecified atom stereocenters. The second kappa shape index (κ2) is 9.24. The first-order chi connectivity index (χ1) is 13.2. The maximum Gasteiger partial charge on any atom is 0.255 e. The van der Waals surface area contributed by atoms with E-state index in [-0.39, 0.29) is 5.91 Å². The molecule has 0 radical (unpaired) electrons. The molecule has 1 amide bonds. The summed E-state index contributed by atoms with van der Waals surface area (Å²) in [6, 6.07) is 22.8. The van der Waals surface area contributed by atoms with E-state index in [1.807, 2.05) is 42.5 Å². The van der Waals surface area contributed by atoms with E-state index in [0.717, 1.165) is 16.6 Å². The number of hydrogen-bond donors (Lipinski definition) is 1. The van der Waals surface area contributed by atoms with Crippen LogP contribution in [0.15, 0.2) is 77.3 Å². The number of anilines is 1. The molecule has 3 aromatic carbocycles. The van der Waals surface area contributed by atoms with Crippen molar-refractivity contribution in [2.45, 2.75) is 6.42 Å². The summed E-state index contributed by atoms with van der Waals surface area (Å²) in [5.41, 5.74) is 2.45. The van der Waals surface area contributed by atoms with E-state index in [4.69, 9.17) is 9.47 Å². The second-order valence-electron chi connectivity index (χ2n) is 5.92. The number of carbonyl (C=O) groups is 1. The molecular weight excluding hydrogens is 406 g/mol. The van der Waals surface area contributed by atoms with Gasteiger partial charge in [-0.05, 0) is 51.8 Å². The minimum absolute atomic E-state index is 0.195. The molecule has 3 aromatic rings. The number of methoxy groups -OCH3 is 1. The molecule has 0 fully saturated rings. The predicted octanol–water partition coefficient (Wildman–Crippen LogP) is 5.33. The Hall–Kier alpha value is -2.79. The quantitative estimate of drug-likeness (QED) is 0.556. The van der Waals surface area contributed by atoms with Crippen LogP contribution in [0.25, 0.3) is 0 Å². The van der Waals surface area contributed by atoms with Crippen molar-refractivity contribution in [1.29, 1.82) is 0 Å².